The number of hydrogen-bond acceptors (Lipinski definition) is 5. The summed E-state index contributed by atoms with van der Waals surface area (Å²) in [5.41, 5.74) is 2.47. The molecular formula is C19H26ArN4O. The Hall–Kier alpha value is -0.880. The van der Waals surface area contributed by atoms with Crippen LogP contribution in [-0.4, -0.2) is 47.4 Å². The van der Waals surface area contributed by atoms with Gasteiger partial charge in [0.15, 0.2) is 0 Å². The van der Waals surface area contributed by atoms with Gasteiger partial charge in [-0.3, -0.25) is 9.97 Å². The maximum Gasteiger partial charge on any atom is 0.0731 e. The van der Waals surface area contributed by atoms with Crippen LogP contribution in [0.3, 0.4) is 0 Å². The maximum absolute atomic E-state index is 9.30. The Balaban J connectivity index is 0.000000173. The van der Waals surface area contributed by atoms with E-state index >= 15 is 0 Å². The number of aliphatic hydroxyl groups excluding tert-OH is 1. The molecule has 6 heteroatoms. The molecule has 2 fully saturated rings. The molecule has 0 bridgehead atoms. The number of β-amino-alcohol motifs (C(OH)–C–C–N with tert-alkyl or cyclic N) is 1. The van der Waals surface area contributed by atoms with Crippen molar-refractivity contribution in [1.82, 2.24) is 9.97 Å². The third-order valence-electron chi connectivity index (χ3n) is 4.64. The largest absolute Gasteiger partial charge is 0.391 e. The van der Waals surface area contributed by atoms with E-state index in [0.717, 1.165) is 31.1 Å². The second-order valence-electron chi connectivity index (χ2n) is 6.64. The second-order valence-corrected chi connectivity index (χ2v) is 6.64. The van der Waals surface area contributed by atoms with Gasteiger partial charge in [0.1, 0.15) is 0 Å². The fourth-order valence-corrected chi connectivity index (χ4v) is 3.26. The number of anilines is 2. The quantitative estimate of drug-likeness (QED) is 0.885. The zero-order chi connectivity index (χ0) is 16.8. The van der Waals surface area contributed by atoms with Crippen LogP contribution < -0.4 is 9.80 Å². The molecule has 0 aliphatic carbocycles. The Kier molecular flexibility index (Phi) is 8.43. The van der Waals surface area contributed by atoms with Gasteiger partial charge in [-0.1, -0.05) is 6.92 Å². The predicted molar refractivity (Wildman–Crippen MR) is 97.3 cm³/mol. The van der Waals surface area contributed by atoms with Crippen LogP contribution in [0.4, 0.5) is 11.4 Å². The minimum absolute atomic E-state index is 0. The van der Waals surface area contributed by atoms with Crippen molar-refractivity contribution >= 4 is 11.4 Å². The average Bonchev–Trinajstić information content (AvgIpc) is 3.26. The Labute approximate surface area is 180 Å². The third kappa shape index (κ3) is 6.10. The number of aromatic nitrogens is 2. The van der Waals surface area contributed by atoms with Crippen LogP contribution in [0.15, 0.2) is 49.1 Å². The molecule has 2 atom stereocenters. The number of aliphatic hydroxyl groups is 1. The molecule has 2 aromatic heterocycles. The summed E-state index contributed by atoms with van der Waals surface area (Å²) in [5, 5.41) is 9.30. The van der Waals surface area contributed by atoms with Crippen molar-refractivity contribution in [2.45, 2.75) is 25.9 Å². The van der Waals surface area contributed by atoms with Crippen molar-refractivity contribution < 1.29 is 42.8 Å². The summed E-state index contributed by atoms with van der Waals surface area (Å²) < 4.78 is 0. The second kappa shape index (κ2) is 10.3. The summed E-state index contributed by atoms with van der Waals surface area (Å²) >= 11 is 0. The van der Waals surface area contributed by atoms with Crippen molar-refractivity contribution in [1.29, 1.82) is 0 Å². The number of hydrogen-bond donors (Lipinski definition) is 1. The van der Waals surface area contributed by atoms with Gasteiger partial charge in [0.05, 0.1) is 6.10 Å². The molecule has 4 rings (SSSR count). The van der Waals surface area contributed by atoms with E-state index in [9.17, 15) is 5.11 Å². The third-order valence-corrected chi connectivity index (χ3v) is 4.64. The monoisotopic (exact) mass is 366 g/mol. The van der Waals surface area contributed by atoms with Crippen LogP contribution in [-0.2, 0) is 0 Å². The predicted octanol–water partition coefficient (Wildman–Crippen LogP) is 2.58. The van der Waals surface area contributed by atoms with E-state index in [1.54, 1.807) is 12.4 Å². The zero-order valence-corrected chi connectivity index (χ0v) is 15.3. The first-order valence-electron chi connectivity index (χ1n) is 8.70. The normalized spacial score (nSPS) is 22.2. The zero-order valence-electron chi connectivity index (χ0n) is 14.6. The molecule has 136 valence electrons. The number of rotatable bonds is 2. The van der Waals surface area contributed by atoms with Crippen LogP contribution in [0.1, 0.15) is 19.8 Å². The van der Waals surface area contributed by atoms with Crippen LogP contribution in [0.25, 0.3) is 0 Å². The molecule has 0 amide bonds. The van der Waals surface area contributed by atoms with Crippen LogP contribution in [0.2, 0.25) is 0 Å². The molecule has 0 aromatic carbocycles. The Bertz CT molecular complexity index is 558. The summed E-state index contributed by atoms with van der Waals surface area (Å²) in [6.45, 7) is 6.41. The molecule has 2 aliphatic rings. The molecule has 0 saturated carbocycles. The fourth-order valence-electron chi connectivity index (χ4n) is 3.26. The van der Waals surface area contributed by atoms with E-state index in [4.69, 9.17) is 0 Å². The molecule has 0 radical (unpaired) electrons. The summed E-state index contributed by atoms with van der Waals surface area (Å²) in [6, 6.07) is 8.10. The van der Waals surface area contributed by atoms with Gasteiger partial charge < -0.3 is 14.9 Å². The van der Waals surface area contributed by atoms with Crippen molar-refractivity contribution in [3.05, 3.63) is 49.1 Å². The minimum Gasteiger partial charge on any atom is -0.391 e. The van der Waals surface area contributed by atoms with Crippen molar-refractivity contribution in [2.75, 3.05) is 36.0 Å². The first kappa shape index (κ1) is 20.4. The standard InChI is InChI=1S/C10H14N2.C9H12N2O.Ar/c1-9-4-7-12(8-9)10-2-5-11-6-3-10;12-9-3-6-11(7-9)8-1-4-10-5-2-8;/h2-3,5-6,9H,4,7-8H2,1H3;1-2,4-5,9,12H,3,6-7H2;/t9-;;/m1../s1. The average molecular weight is 366 g/mol. The van der Waals surface area contributed by atoms with Gasteiger partial charge in [-0.25, -0.2) is 0 Å². The number of pyridine rings is 2. The van der Waals surface area contributed by atoms with Crippen molar-refractivity contribution in [2.24, 2.45) is 5.92 Å². The topological polar surface area (TPSA) is 52.5 Å². The number of nitrogens with zero attached hydrogens (tertiary/aromatic N) is 4. The first-order valence-corrected chi connectivity index (χ1v) is 8.70. The molecule has 2 aromatic rings. The summed E-state index contributed by atoms with van der Waals surface area (Å²) in [5.74, 6) is 0.846. The summed E-state index contributed by atoms with van der Waals surface area (Å²) in [7, 11) is 0. The first-order chi connectivity index (χ1) is 11.7. The molecule has 4 heterocycles. The molecule has 5 nitrogen and oxygen atoms in total. The van der Waals surface area contributed by atoms with Gasteiger partial charge in [-0.15, -0.1) is 0 Å². The summed E-state index contributed by atoms with van der Waals surface area (Å²) in [6.07, 6.45) is 9.32. The maximum atomic E-state index is 9.30. The van der Waals surface area contributed by atoms with Crippen LogP contribution >= 0.6 is 0 Å². The fraction of sp³-hybridized carbons (Fsp3) is 0.474. The molecular weight excluding hydrogens is 340 g/mol. The van der Waals surface area contributed by atoms with E-state index in [1.807, 2.05) is 24.5 Å². The Morgan fingerprint density at radius 2 is 1.32 bits per heavy atom. The molecule has 2 saturated heterocycles. The minimum atomic E-state index is -0.154. The van der Waals surface area contributed by atoms with Gasteiger partial charge in [-0.2, -0.15) is 0 Å². The van der Waals surface area contributed by atoms with Gasteiger partial charge >= 0.3 is 0 Å². The van der Waals surface area contributed by atoms with Crippen LogP contribution in [0.5, 0.6) is 0 Å². The van der Waals surface area contributed by atoms with E-state index in [-0.39, 0.29) is 43.8 Å². The summed E-state index contributed by atoms with van der Waals surface area (Å²) in [4.78, 5) is 12.6. The molecule has 25 heavy (non-hydrogen) atoms. The van der Waals surface area contributed by atoms with E-state index in [1.165, 1.54) is 25.2 Å². The molecule has 0 spiro atoms. The Morgan fingerprint density at radius 1 is 0.840 bits per heavy atom. The van der Waals surface area contributed by atoms with Gasteiger partial charge in [0.2, 0.25) is 0 Å². The Morgan fingerprint density at radius 3 is 1.72 bits per heavy atom. The van der Waals surface area contributed by atoms with E-state index < -0.39 is 0 Å². The van der Waals surface area contributed by atoms with Gasteiger partial charge in [-0.05, 0) is 43.0 Å². The van der Waals surface area contributed by atoms with Crippen molar-refractivity contribution in [3.8, 4) is 0 Å². The van der Waals surface area contributed by atoms with E-state index in [0.29, 0.717) is 0 Å². The van der Waals surface area contributed by atoms with Crippen LogP contribution in [0, 0.1) is 43.7 Å². The van der Waals surface area contributed by atoms with Crippen molar-refractivity contribution in [3.63, 3.8) is 0 Å². The molecule has 1 unspecified atom stereocenters. The smallest absolute Gasteiger partial charge is 0.0731 e. The van der Waals surface area contributed by atoms with Gasteiger partial charge in [0, 0.05) is 100 Å². The van der Waals surface area contributed by atoms with Gasteiger partial charge in [0.25, 0.3) is 0 Å². The SMILES string of the molecule is C[C@@H]1CCN(c2ccncc2)C1.OC1CCN(c2ccncc2)C1.[Ar]. The molecule has 2 aliphatic heterocycles. The molecule has 1 N–H and O–H groups in total. The van der Waals surface area contributed by atoms with E-state index in [2.05, 4.69) is 38.8 Å².